The van der Waals surface area contributed by atoms with Gasteiger partial charge >= 0.3 is 0 Å². The summed E-state index contributed by atoms with van der Waals surface area (Å²) in [5, 5.41) is 17.7. The molecule has 5 heteroatoms. The Morgan fingerprint density at radius 1 is 1.43 bits per heavy atom. The van der Waals surface area contributed by atoms with Crippen LogP contribution in [-0.2, 0) is 0 Å². The lowest BCUT2D eigenvalue weighted by Gasteiger charge is -2.19. The minimum atomic E-state index is -0.0982. The third-order valence-corrected chi connectivity index (χ3v) is 4.58. The molecule has 0 radical (unpaired) electrons. The second-order valence-corrected chi connectivity index (χ2v) is 6.32. The molecule has 1 aliphatic carbocycles. The zero-order valence-electron chi connectivity index (χ0n) is 13.0. The summed E-state index contributed by atoms with van der Waals surface area (Å²) in [6.45, 7) is 7.19. The van der Waals surface area contributed by atoms with E-state index in [-0.39, 0.29) is 12.1 Å². The Kier molecular flexibility index (Phi) is 3.95. The molecule has 2 heterocycles. The van der Waals surface area contributed by atoms with Gasteiger partial charge in [0.1, 0.15) is 0 Å². The van der Waals surface area contributed by atoms with Crippen molar-refractivity contribution in [3.63, 3.8) is 0 Å². The SMILES string of the molecule is Cc1cc2ncc(C(C)NCC3CCC(O)C3)c(C)n2n1. The van der Waals surface area contributed by atoms with Crippen LogP contribution in [0.3, 0.4) is 0 Å². The molecule has 0 spiro atoms. The van der Waals surface area contributed by atoms with Crippen LogP contribution in [0, 0.1) is 19.8 Å². The lowest BCUT2D eigenvalue weighted by molar-refractivity contribution is 0.177. The molecule has 3 rings (SSSR count). The van der Waals surface area contributed by atoms with Crippen LogP contribution in [0.1, 0.15) is 49.2 Å². The van der Waals surface area contributed by atoms with Crippen LogP contribution in [0.4, 0.5) is 0 Å². The van der Waals surface area contributed by atoms with Crippen molar-refractivity contribution in [1.29, 1.82) is 0 Å². The molecule has 1 saturated carbocycles. The quantitative estimate of drug-likeness (QED) is 0.905. The van der Waals surface area contributed by atoms with Crippen molar-refractivity contribution in [2.75, 3.05) is 6.54 Å². The van der Waals surface area contributed by atoms with Crippen LogP contribution >= 0.6 is 0 Å². The summed E-state index contributed by atoms with van der Waals surface area (Å²) in [4.78, 5) is 4.50. The van der Waals surface area contributed by atoms with Gasteiger partial charge in [-0.3, -0.25) is 0 Å². The van der Waals surface area contributed by atoms with Crippen molar-refractivity contribution in [2.45, 2.75) is 52.2 Å². The van der Waals surface area contributed by atoms with Crippen molar-refractivity contribution < 1.29 is 5.11 Å². The van der Waals surface area contributed by atoms with Gasteiger partial charge in [0, 0.05) is 29.6 Å². The number of aryl methyl sites for hydroxylation is 2. The summed E-state index contributed by atoms with van der Waals surface area (Å²) in [7, 11) is 0. The molecule has 1 aliphatic rings. The second kappa shape index (κ2) is 5.73. The first kappa shape index (κ1) is 14.5. The Balaban J connectivity index is 1.72. The largest absolute Gasteiger partial charge is 0.393 e. The first-order valence-corrected chi connectivity index (χ1v) is 7.78. The fraction of sp³-hybridized carbons (Fsp3) is 0.625. The molecule has 1 fully saturated rings. The van der Waals surface area contributed by atoms with E-state index in [0.717, 1.165) is 42.8 Å². The fourth-order valence-electron chi connectivity index (χ4n) is 3.29. The molecule has 5 nitrogen and oxygen atoms in total. The molecule has 114 valence electrons. The molecule has 2 aromatic heterocycles. The number of rotatable bonds is 4. The molecule has 0 aromatic carbocycles. The van der Waals surface area contributed by atoms with Gasteiger partial charge in [-0.2, -0.15) is 5.10 Å². The number of hydrogen-bond donors (Lipinski definition) is 2. The van der Waals surface area contributed by atoms with Gasteiger partial charge in [0.2, 0.25) is 0 Å². The van der Waals surface area contributed by atoms with Crippen LogP contribution < -0.4 is 5.32 Å². The van der Waals surface area contributed by atoms with Gasteiger partial charge in [0.15, 0.2) is 5.65 Å². The average molecular weight is 288 g/mol. The Morgan fingerprint density at radius 2 is 2.24 bits per heavy atom. The smallest absolute Gasteiger partial charge is 0.155 e. The zero-order valence-corrected chi connectivity index (χ0v) is 13.0. The summed E-state index contributed by atoms with van der Waals surface area (Å²) in [5.74, 6) is 0.589. The van der Waals surface area contributed by atoms with Gasteiger partial charge in [-0.15, -0.1) is 0 Å². The van der Waals surface area contributed by atoms with Gasteiger partial charge < -0.3 is 10.4 Å². The van der Waals surface area contributed by atoms with Crippen molar-refractivity contribution >= 4 is 5.65 Å². The zero-order chi connectivity index (χ0) is 15.0. The number of fused-ring (bicyclic) bond motifs is 1. The average Bonchev–Trinajstić information content (AvgIpc) is 3.02. The van der Waals surface area contributed by atoms with Crippen molar-refractivity contribution in [2.24, 2.45) is 5.92 Å². The highest BCUT2D eigenvalue weighted by atomic mass is 16.3. The van der Waals surface area contributed by atoms with E-state index in [1.807, 2.05) is 23.7 Å². The molecular formula is C16H24N4O. The Labute approximate surface area is 125 Å². The molecule has 2 aromatic rings. The summed E-state index contributed by atoms with van der Waals surface area (Å²) < 4.78 is 1.92. The van der Waals surface area contributed by atoms with E-state index in [2.05, 4.69) is 29.2 Å². The fourth-order valence-corrected chi connectivity index (χ4v) is 3.29. The highest BCUT2D eigenvalue weighted by Crippen LogP contribution is 2.26. The Morgan fingerprint density at radius 3 is 2.95 bits per heavy atom. The first-order chi connectivity index (χ1) is 10.0. The Hall–Kier alpha value is -1.46. The molecule has 3 atom stereocenters. The predicted octanol–water partition coefficient (Wildman–Crippen LogP) is 2.16. The van der Waals surface area contributed by atoms with Crippen molar-refractivity contribution in [1.82, 2.24) is 19.9 Å². The van der Waals surface area contributed by atoms with E-state index in [1.54, 1.807) is 0 Å². The van der Waals surface area contributed by atoms with E-state index >= 15 is 0 Å². The Bertz CT molecular complexity index is 636. The first-order valence-electron chi connectivity index (χ1n) is 7.78. The molecule has 2 N–H and O–H groups in total. The van der Waals surface area contributed by atoms with Crippen molar-refractivity contribution in [3.05, 3.63) is 29.2 Å². The maximum Gasteiger partial charge on any atom is 0.155 e. The third-order valence-electron chi connectivity index (χ3n) is 4.58. The maximum atomic E-state index is 9.60. The molecule has 0 bridgehead atoms. The monoisotopic (exact) mass is 288 g/mol. The molecule has 0 aliphatic heterocycles. The minimum Gasteiger partial charge on any atom is -0.393 e. The standard InChI is InChI=1S/C16H24N4O/c1-10-6-16-18-9-15(12(3)20(16)19-10)11(2)17-8-13-4-5-14(21)7-13/h6,9,11,13-14,17,21H,4-5,7-8H2,1-3H3. The van der Waals surface area contributed by atoms with E-state index in [9.17, 15) is 5.11 Å². The highest BCUT2D eigenvalue weighted by molar-refractivity contribution is 5.42. The summed E-state index contributed by atoms with van der Waals surface area (Å²) >= 11 is 0. The van der Waals surface area contributed by atoms with Crippen LogP contribution in [-0.4, -0.2) is 32.4 Å². The number of nitrogens with zero attached hydrogens (tertiary/aromatic N) is 3. The predicted molar refractivity (Wildman–Crippen MR) is 82.2 cm³/mol. The van der Waals surface area contributed by atoms with E-state index in [0.29, 0.717) is 5.92 Å². The van der Waals surface area contributed by atoms with Crippen LogP contribution in [0.2, 0.25) is 0 Å². The topological polar surface area (TPSA) is 62.5 Å². The van der Waals surface area contributed by atoms with Gasteiger partial charge in [-0.25, -0.2) is 9.50 Å². The number of aliphatic hydroxyl groups is 1. The molecule has 0 amide bonds. The van der Waals surface area contributed by atoms with Crippen LogP contribution in [0.25, 0.3) is 5.65 Å². The number of aliphatic hydroxyl groups excluding tert-OH is 1. The van der Waals surface area contributed by atoms with Gasteiger partial charge in [-0.05, 0) is 52.5 Å². The van der Waals surface area contributed by atoms with E-state index < -0.39 is 0 Å². The van der Waals surface area contributed by atoms with Crippen LogP contribution in [0.15, 0.2) is 12.3 Å². The summed E-state index contributed by atoms with van der Waals surface area (Å²) in [6, 6.07) is 2.23. The molecule has 3 unspecified atom stereocenters. The number of aromatic nitrogens is 3. The number of nitrogens with one attached hydrogen (secondary N) is 1. The van der Waals surface area contributed by atoms with Gasteiger partial charge in [0.25, 0.3) is 0 Å². The number of hydrogen-bond acceptors (Lipinski definition) is 4. The second-order valence-electron chi connectivity index (χ2n) is 6.32. The normalized spacial score (nSPS) is 23.8. The molecular weight excluding hydrogens is 264 g/mol. The highest BCUT2D eigenvalue weighted by Gasteiger charge is 2.23. The lowest BCUT2D eigenvalue weighted by Crippen LogP contribution is -2.26. The van der Waals surface area contributed by atoms with E-state index in [4.69, 9.17) is 0 Å². The molecule has 0 saturated heterocycles. The van der Waals surface area contributed by atoms with Gasteiger partial charge in [0.05, 0.1) is 11.8 Å². The van der Waals surface area contributed by atoms with Crippen molar-refractivity contribution in [3.8, 4) is 0 Å². The third kappa shape index (κ3) is 2.94. The van der Waals surface area contributed by atoms with E-state index in [1.165, 1.54) is 5.56 Å². The lowest BCUT2D eigenvalue weighted by atomic mass is 10.1. The summed E-state index contributed by atoms with van der Waals surface area (Å²) in [5.41, 5.74) is 4.21. The molecule has 21 heavy (non-hydrogen) atoms. The van der Waals surface area contributed by atoms with Crippen LogP contribution in [0.5, 0.6) is 0 Å². The minimum absolute atomic E-state index is 0.0982. The van der Waals surface area contributed by atoms with Gasteiger partial charge in [-0.1, -0.05) is 0 Å². The maximum absolute atomic E-state index is 9.60. The summed E-state index contributed by atoms with van der Waals surface area (Å²) in [6.07, 6.45) is 4.84.